The van der Waals surface area contributed by atoms with E-state index in [-0.39, 0.29) is 18.9 Å². The van der Waals surface area contributed by atoms with Gasteiger partial charge in [0, 0.05) is 19.5 Å². The van der Waals surface area contributed by atoms with Crippen LogP contribution >= 0.6 is 11.3 Å². The Bertz CT molecular complexity index is 534. The summed E-state index contributed by atoms with van der Waals surface area (Å²) in [6.07, 6.45) is 0.197. The van der Waals surface area contributed by atoms with Crippen molar-refractivity contribution < 1.29 is 14.7 Å². The Labute approximate surface area is 128 Å². The molecule has 0 fully saturated rings. The van der Waals surface area contributed by atoms with Gasteiger partial charge in [0.05, 0.1) is 12.1 Å². The van der Waals surface area contributed by atoms with Crippen LogP contribution in [0.25, 0.3) is 0 Å². The molecule has 0 bridgehead atoms. The van der Waals surface area contributed by atoms with Gasteiger partial charge in [-0.1, -0.05) is 13.8 Å². The van der Waals surface area contributed by atoms with Crippen LogP contribution in [0.4, 0.5) is 5.00 Å². The highest BCUT2D eigenvalue weighted by molar-refractivity contribution is 7.14. The normalized spacial score (nSPS) is 10.6. The molecule has 7 heteroatoms. The topological polar surface area (TPSA) is 93.4 Å². The summed E-state index contributed by atoms with van der Waals surface area (Å²) in [7, 11) is 0. The molecule has 0 unspecified atom stereocenters. The first kappa shape index (κ1) is 17.1. The van der Waals surface area contributed by atoms with Crippen LogP contribution in [0.5, 0.6) is 0 Å². The van der Waals surface area contributed by atoms with Crippen molar-refractivity contribution in [3.8, 4) is 6.07 Å². The molecule has 0 spiro atoms. The summed E-state index contributed by atoms with van der Waals surface area (Å²) in [5, 5.41) is 22.7. The van der Waals surface area contributed by atoms with Gasteiger partial charge < -0.3 is 10.4 Å². The van der Waals surface area contributed by atoms with Gasteiger partial charge in [0.25, 0.3) is 0 Å². The van der Waals surface area contributed by atoms with Crippen LogP contribution < -0.4 is 5.32 Å². The zero-order valence-electron chi connectivity index (χ0n) is 12.1. The predicted octanol–water partition coefficient (Wildman–Crippen LogP) is 1.99. The van der Waals surface area contributed by atoms with Crippen LogP contribution in [0, 0.1) is 17.2 Å². The van der Waals surface area contributed by atoms with Gasteiger partial charge in [-0.25, -0.2) is 0 Å². The number of nitriles is 1. The van der Waals surface area contributed by atoms with Crippen LogP contribution in [0.3, 0.4) is 0 Å². The average molecular weight is 309 g/mol. The molecule has 1 amide bonds. The first-order valence-corrected chi connectivity index (χ1v) is 7.52. The molecule has 0 aliphatic heterocycles. The highest BCUT2D eigenvalue weighted by Gasteiger charge is 2.14. The van der Waals surface area contributed by atoms with Gasteiger partial charge in [0.2, 0.25) is 5.91 Å². The summed E-state index contributed by atoms with van der Waals surface area (Å²) in [6, 6.07) is 3.65. The molecular formula is C14H19N3O3S. The van der Waals surface area contributed by atoms with Crippen LogP contribution in [-0.4, -0.2) is 41.5 Å². The maximum atomic E-state index is 11.9. The first-order valence-electron chi connectivity index (χ1n) is 6.64. The van der Waals surface area contributed by atoms with E-state index in [1.54, 1.807) is 16.3 Å². The van der Waals surface area contributed by atoms with Gasteiger partial charge in [0.1, 0.15) is 11.1 Å². The molecule has 1 aromatic heterocycles. The minimum absolute atomic E-state index is 0.0755. The molecular weight excluding hydrogens is 290 g/mol. The number of nitrogens with one attached hydrogen (secondary N) is 1. The zero-order valence-corrected chi connectivity index (χ0v) is 12.9. The van der Waals surface area contributed by atoms with E-state index in [9.17, 15) is 9.59 Å². The number of anilines is 1. The van der Waals surface area contributed by atoms with Crippen LogP contribution in [-0.2, 0) is 9.59 Å². The fraction of sp³-hybridized carbons (Fsp3) is 0.500. The van der Waals surface area contributed by atoms with E-state index < -0.39 is 5.97 Å². The minimum Gasteiger partial charge on any atom is -0.480 e. The number of rotatable bonds is 8. The highest BCUT2D eigenvalue weighted by Crippen LogP contribution is 2.22. The number of hydrogen-bond acceptors (Lipinski definition) is 5. The Hall–Kier alpha value is -1.91. The zero-order chi connectivity index (χ0) is 15.8. The smallest absolute Gasteiger partial charge is 0.317 e. The lowest BCUT2D eigenvalue weighted by molar-refractivity contribution is -0.138. The molecule has 6 nitrogen and oxygen atoms in total. The molecule has 0 aromatic carbocycles. The van der Waals surface area contributed by atoms with E-state index >= 15 is 0 Å². The molecule has 1 aromatic rings. The quantitative estimate of drug-likeness (QED) is 0.766. The monoisotopic (exact) mass is 309 g/mol. The van der Waals surface area contributed by atoms with Crippen molar-refractivity contribution in [2.45, 2.75) is 20.3 Å². The molecule has 0 aliphatic rings. The van der Waals surface area contributed by atoms with Crippen molar-refractivity contribution in [2.24, 2.45) is 5.92 Å². The fourth-order valence-electron chi connectivity index (χ4n) is 1.89. The number of thiophene rings is 1. The van der Waals surface area contributed by atoms with Gasteiger partial charge in [0.15, 0.2) is 0 Å². The molecule has 0 atom stereocenters. The molecule has 0 saturated carbocycles. The average Bonchev–Trinajstić information content (AvgIpc) is 2.81. The standard InChI is InChI=1S/C14H19N3O3S/c1-10(2)8-17(9-13(19)20)5-3-12(18)16-14-11(7-15)4-6-21-14/h4,6,10H,3,5,8-9H2,1-2H3,(H,16,18)(H,19,20). The van der Waals surface area contributed by atoms with Crippen molar-refractivity contribution in [2.75, 3.05) is 25.0 Å². The first-order chi connectivity index (χ1) is 9.92. The molecule has 0 radical (unpaired) electrons. The summed E-state index contributed by atoms with van der Waals surface area (Å²) in [4.78, 5) is 24.4. The second-order valence-corrected chi connectivity index (χ2v) is 6.01. The Balaban J connectivity index is 2.49. The summed E-state index contributed by atoms with van der Waals surface area (Å²) in [5.41, 5.74) is 0.443. The van der Waals surface area contributed by atoms with Gasteiger partial charge in [-0.05, 0) is 17.4 Å². The number of aliphatic carboxylic acids is 1. The van der Waals surface area contributed by atoms with Crippen molar-refractivity contribution in [1.82, 2.24) is 4.90 Å². The van der Waals surface area contributed by atoms with E-state index in [0.29, 0.717) is 29.6 Å². The Morgan fingerprint density at radius 2 is 2.24 bits per heavy atom. The van der Waals surface area contributed by atoms with E-state index in [2.05, 4.69) is 5.32 Å². The Morgan fingerprint density at radius 3 is 2.81 bits per heavy atom. The van der Waals surface area contributed by atoms with Gasteiger partial charge in [-0.3, -0.25) is 14.5 Å². The maximum absolute atomic E-state index is 11.9. The molecule has 114 valence electrons. The van der Waals surface area contributed by atoms with Crippen molar-refractivity contribution in [3.05, 3.63) is 17.0 Å². The largest absolute Gasteiger partial charge is 0.480 e. The molecule has 0 saturated heterocycles. The number of carbonyl (C=O) groups is 2. The number of carbonyl (C=O) groups excluding carboxylic acids is 1. The number of nitrogens with zero attached hydrogens (tertiary/aromatic N) is 2. The van der Waals surface area contributed by atoms with E-state index in [4.69, 9.17) is 10.4 Å². The van der Waals surface area contributed by atoms with Crippen molar-refractivity contribution in [3.63, 3.8) is 0 Å². The number of carboxylic acid groups (broad SMARTS) is 1. The summed E-state index contributed by atoms with van der Waals surface area (Å²) < 4.78 is 0. The number of hydrogen-bond donors (Lipinski definition) is 2. The maximum Gasteiger partial charge on any atom is 0.317 e. The SMILES string of the molecule is CC(C)CN(CCC(=O)Nc1sccc1C#N)CC(=O)O. The summed E-state index contributed by atoms with van der Waals surface area (Å²) in [5.74, 6) is -0.788. The van der Waals surface area contributed by atoms with E-state index in [1.165, 1.54) is 11.3 Å². The lowest BCUT2D eigenvalue weighted by atomic mass is 10.2. The van der Waals surface area contributed by atoms with Gasteiger partial charge in [-0.15, -0.1) is 11.3 Å². The van der Waals surface area contributed by atoms with E-state index in [1.807, 2.05) is 19.9 Å². The van der Waals surface area contributed by atoms with Gasteiger partial charge >= 0.3 is 5.97 Å². The minimum atomic E-state index is -0.902. The lowest BCUT2D eigenvalue weighted by Gasteiger charge is -2.21. The third-order valence-electron chi connectivity index (χ3n) is 2.68. The molecule has 2 N–H and O–H groups in total. The molecule has 0 aliphatic carbocycles. The number of carboxylic acids is 1. The second-order valence-electron chi connectivity index (χ2n) is 5.10. The number of amides is 1. The highest BCUT2D eigenvalue weighted by atomic mass is 32.1. The van der Waals surface area contributed by atoms with Crippen molar-refractivity contribution in [1.29, 1.82) is 5.26 Å². The third-order valence-corrected chi connectivity index (χ3v) is 3.51. The van der Waals surface area contributed by atoms with Crippen LogP contribution in [0.2, 0.25) is 0 Å². The summed E-state index contributed by atoms with van der Waals surface area (Å²) in [6.45, 7) is 4.93. The Kier molecular flexibility index (Phi) is 6.85. The lowest BCUT2D eigenvalue weighted by Crippen LogP contribution is -2.35. The molecule has 21 heavy (non-hydrogen) atoms. The Morgan fingerprint density at radius 1 is 1.52 bits per heavy atom. The van der Waals surface area contributed by atoms with Crippen LogP contribution in [0.15, 0.2) is 11.4 Å². The fourth-order valence-corrected chi connectivity index (χ4v) is 2.64. The molecule has 1 rings (SSSR count). The summed E-state index contributed by atoms with van der Waals surface area (Å²) >= 11 is 1.30. The van der Waals surface area contributed by atoms with Crippen molar-refractivity contribution >= 4 is 28.2 Å². The molecule has 1 heterocycles. The van der Waals surface area contributed by atoms with E-state index in [0.717, 1.165) is 0 Å². The second kappa shape index (κ2) is 8.39. The van der Waals surface area contributed by atoms with Crippen LogP contribution in [0.1, 0.15) is 25.8 Å². The third kappa shape index (κ3) is 6.38. The van der Waals surface area contributed by atoms with Gasteiger partial charge in [-0.2, -0.15) is 5.26 Å². The predicted molar refractivity (Wildman–Crippen MR) is 81.2 cm³/mol.